The molecule has 9 heteroatoms. The summed E-state index contributed by atoms with van der Waals surface area (Å²) in [6, 6.07) is 9.35. The fraction of sp³-hybridized carbons (Fsp3) is 0.417. The predicted molar refractivity (Wildman–Crippen MR) is 127 cm³/mol. The van der Waals surface area contributed by atoms with Crippen molar-refractivity contribution < 1.29 is 17.9 Å². The Bertz CT molecular complexity index is 1300. The Morgan fingerprint density at radius 2 is 1.73 bits per heavy atom. The van der Waals surface area contributed by atoms with Crippen LogP contribution in [0.2, 0.25) is 0 Å². The zero-order valence-electron chi connectivity index (χ0n) is 19.7. The number of carbonyl (C=O) groups excluding carboxylic acids is 1. The van der Waals surface area contributed by atoms with Gasteiger partial charge in [-0.25, -0.2) is 18.2 Å². The largest absolute Gasteiger partial charge is 0.444 e. The van der Waals surface area contributed by atoms with Crippen molar-refractivity contribution in [1.29, 1.82) is 0 Å². The number of benzene rings is 1. The van der Waals surface area contributed by atoms with Crippen molar-refractivity contribution >= 4 is 21.8 Å². The van der Waals surface area contributed by atoms with Gasteiger partial charge in [0.2, 0.25) is 10.0 Å². The molecule has 3 heterocycles. The molecular formula is C24H30N4O4S. The monoisotopic (exact) mass is 470 g/mol. The highest BCUT2D eigenvalue weighted by Crippen LogP contribution is 2.28. The lowest BCUT2D eigenvalue weighted by molar-refractivity contribution is 0.0192. The van der Waals surface area contributed by atoms with Gasteiger partial charge < -0.3 is 14.0 Å². The van der Waals surface area contributed by atoms with Crippen molar-refractivity contribution in [2.75, 3.05) is 26.2 Å². The number of nitrogens with zero attached hydrogens (tertiary/aromatic N) is 4. The summed E-state index contributed by atoms with van der Waals surface area (Å²) < 4.78 is 35.8. The zero-order chi connectivity index (χ0) is 24.0. The summed E-state index contributed by atoms with van der Waals surface area (Å²) in [5, 5.41) is 0. The third-order valence-corrected chi connectivity index (χ3v) is 7.71. The number of amides is 1. The number of aryl methyl sites for hydroxylation is 2. The minimum Gasteiger partial charge on any atom is -0.444 e. The molecule has 0 N–H and O–H groups in total. The number of aromatic nitrogens is 2. The van der Waals surface area contributed by atoms with E-state index in [1.54, 1.807) is 17.9 Å². The van der Waals surface area contributed by atoms with Crippen molar-refractivity contribution in [2.45, 2.75) is 45.1 Å². The Labute approximate surface area is 194 Å². The van der Waals surface area contributed by atoms with Crippen LogP contribution in [0.15, 0.2) is 47.6 Å². The summed E-state index contributed by atoms with van der Waals surface area (Å²) in [4.78, 5) is 18.8. The van der Waals surface area contributed by atoms with Crippen LogP contribution in [-0.4, -0.2) is 64.9 Å². The maximum absolute atomic E-state index is 13.5. The molecule has 1 amide bonds. The number of rotatable bonds is 3. The minimum atomic E-state index is -3.73. The number of ether oxygens (including phenoxy) is 1. The standard InChI is InChI=1S/C24H30N4O4S/c1-17-8-9-19(20-16-27-10-6-7-18(2)22(27)25-20)15-21(17)33(30,31)28-13-11-26(12-14-28)23(29)32-24(3,4)5/h6-10,15-16H,11-14H2,1-5H3. The number of pyridine rings is 1. The second-order valence-corrected chi connectivity index (χ2v) is 11.3. The number of imidazole rings is 1. The van der Waals surface area contributed by atoms with E-state index >= 15 is 0 Å². The SMILES string of the molecule is Cc1ccc(-c2cn3cccc(C)c3n2)cc1S(=O)(=O)N1CCN(C(=O)OC(C)(C)C)CC1. The predicted octanol–water partition coefficient (Wildman–Crippen LogP) is 3.86. The molecule has 2 aromatic heterocycles. The van der Waals surface area contributed by atoms with E-state index < -0.39 is 21.7 Å². The van der Waals surface area contributed by atoms with Crippen molar-refractivity contribution in [3.8, 4) is 11.3 Å². The molecule has 176 valence electrons. The van der Waals surface area contributed by atoms with Crippen LogP contribution in [0.3, 0.4) is 0 Å². The summed E-state index contributed by atoms with van der Waals surface area (Å²) >= 11 is 0. The van der Waals surface area contributed by atoms with Crippen LogP contribution < -0.4 is 0 Å². The Morgan fingerprint density at radius 1 is 1.03 bits per heavy atom. The first-order chi connectivity index (χ1) is 15.5. The zero-order valence-corrected chi connectivity index (χ0v) is 20.5. The van der Waals surface area contributed by atoms with Gasteiger partial charge in [-0.05, 0) is 57.9 Å². The van der Waals surface area contributed by atoms with Crippen LogP contribution in [0.1, 0.15) is 31.9 Å². The molecule has 0 spiro atoms. The molecule has 1 aliphatic rings. The van der Waals surface area contributed by atoms with Crippen molar-refractivity contribution in [2.24, 2.45) is 0 Å². The fourth-order valence-corrected chi connectivity index (χ4v) is 5.58. The van der Waals surface area contributed by atoms with Crippen LogP contribution in [0.4, 0.5) is 4.79 Å². The first kappa shape index (κ1) is 23.3. The van der Waals surface area contributed by atoms with Gasteiger partial charge in [0.05, 0.1) is 10.6 Å². The molecule has 3 aromatic rings. The maximum Gasteiger partial charge on any atom is 0.410 e. The lowest BCUT2D eigenvalue weighted by atomic mass is 10.1. The quantitative estimate of drug-likeness (QED) is 0.580. The smallest absolute Gasteiger partial charge is 0.410 e. The Hall–Kier alpha value is -2.91. The highest BCUT2D eigenvalue weighted by Gasteiger charge is 2.33. The van der Waals surface area contributed by atoms with E-state index in [0.717, 1.165) is 22.5 Å². The highest BCUT2D eigenvalue weighted by molar-refractivity contribution is 7.89. The number of hydrogen-bond donors (Lipinski definition) is 0. The molecule has 1 saturated heterocycles. The molecule has 8 nitrogen and oxygen atoms in total. The highest BCUT2D eigenvalue weighted by atomic mass is 32.2. The third kappa shape index (κ3) is 4.74. The number of fused-ring (bicyclic) bond motifs is 1. The Morgan fingerprint density at radius 3 is 2.36 bits per heavy atom. The van der Waals surface area contributed by atoms with Gasteiger partial charge in [-0.3, -0.25) is 0 Å². The molecular weight excluding hydrogens is 440 g/mol. The molecule has 0 unspecified atom stereocenters. The van der Waals surface area contributed by atoms with E-state index in [0.29, 0.717) is 18.7 Å². The van der Waals surface area contributed by atoms with Gasteiger partial charge in [0, 0.05) is 44.1 Å². The van der Waals surface area contributed by atoms with E-state index in [1.807, 2.05) is 68.8 Å². The topological polar surface area (TPSA) is 84.2 Å². The summed E-state index contributed by atoms with van der Waals surface area (Å²) in [6.07, 6.45) is 3.41. The Kier molecular flexibility index (Phi) is 5.96. The molecule has 0 radical (unpaired) electrons. The second-order valence-electron chi connectivity index (χ2n) is 9.40. The molecule has 1 aliphatic heterocycles. The average Bonchev–Trinajstić information content (AvgIpc) is 3.18. The lowest BCUT2D eigenvalue weighted by Crippen LogP contribution is -2.51. The number of sulfonamides is 1. The van der Waals surface area contributed by atoms with E-state index in [1.165, 1.54) is 4.31 Å². The van der Waals surface area contributed by atoms with Crippen LogP contribution >= 0.6 is 0 Å². The van der Waals surface area contributed by atoms with Gasteiger partial charge in [-0.15, -0.1) is 0 Å². The molecule has 4 rings (SSSR count). The number of piperazine rings is 1. The fourth-order valence-electron chi connectivity index (χ4n) is 3.91. The summed E-state index contributed by atoms with van der Waals surface area (Å²) in [6.45, 7) is 10.2. The van der Waals surface area contributed by atoms with Gasteiger partial charge in [-0.2, -0.15) is 4.31 Å². The van der Waals surface area contributed by atoms with Crippen LogP contribution in [0, 0.1) is 13.8 Å². The van der Waals surface area contributed by atoms with Crippen molar-refractivity contribution in [3.05, 3.63) is 53.9 Å². The lowest BCUT2D eigenvalue weighted by Gasteiger charge is -2.35. The van der Waals surface area contributed by atoms with Crippen molar-refractivity contribution in [3.63, 3.8) is 0 Å². The van der Waals surface area contributed by atoms with Gasteiger partial charge in [0.25, 0.3) is 0 Å². The molecule has 0 aliphatic carbocycles. The van der Waals surface area contributed by atoms with Crippen LogP contribution in [0.25, 0.3) is 16.9 Å². The summed E-state index contributed by atoms with van der Waals surface area (Å²) in [7, 11) is -3.73. The first-order valence-electron chi connectivity index (χ1n) is 11.0. The van der Waals surface area contributed by atoms with Gasteiger partial charge in [0.15, 0.2) is 0 Å². The second kappa shape index (κ2) is 8.46. The van der Waals surface area contributed by atoms with E-state index in [9.17, 15) is 13.2 Å². The molecule has 0 atom stereocenters. The van der Waals surface area contributed by atoms with E-state index in [4.69, 9.17) is 9.72 Å². The Balaban J connectivity index is 1.57. The van der Waals surface area contributed by atoms with Gasteiger partial charge in [0.1, 0.15) is 11.2 Å². The van der Waals surface area contributed by atoms with Gasteiger partial charge >= 0.3 is 6.09 Å². The molecule has 0 bridgehead atoms. The van der Waals surface area contributed by atoms with Crippen molar-refractivity contribution in [1.82, 2.24) is 18.6 Å². The van der Waals surface area contributed by atoms with E-state index in [2.05, 4.69) is 0 Å². The van der Waals surface area contributed by atoms with E-state index in [-0.39, 0.29) is 18.0 Å². The number of hydrogen-bond acceptors (Lipinski definition) is 5. The number of carbonyl (C=O) groups is 1. The van der Waals surface area contributed by atoms with Crippen LogP contribution in [0.5, 0.6) is 0 Å². The molecule has 0 saturated carbocycles. The molecule has 1 aromatic carbocycles. The summed E-state index contributed by atoms with van der Waals surface area (Å²) in [5.74, 6) is 0. The first-order valence-corrected chi connectivity index (χ1v) is 12.4. The van der Waals surface area contributed by atoms with Gasteiger partial charge in [-0.1, -0.05) is 18.2 Å². The molecule has 33 heavy (non-hydrogen) atoms. The maximum atomic E-state index is 13.5. The minimum absolute atomic E-state index is 0.221. The normalized spacial score (nSPS) is 15.7. The third-order valence-electron chi connectivity index (χ3n) is 5.67. The molecule has 1 fully saturated rings. The summed E-state index contributed by atoms with van der Waals surface area (Å²) in [5.41, 5.74) is 3.44. The average molecular weight is 471 g/mol. The van der Waals surface area contributed by atoms with Crippen LogP contribution in [-0.2, 0) is 14.8 Å².